The fraction of sp³-hybridized carbons (Fsp3) is 0.333. The molecule has 2 aliphatic rings. The first kappa shape index (κ1) is 19.9. The summed E-state index contributed by atoms with van der Waals surface area (Å²) >= 11 is 0. The second-order valence-electron chi connectivity index (χ2n) is 8.32. The fourth-order valence-corrected chi connectivity index (χ4v) is 6.21. The minimum atomic E-state index is -3.69. The first-order valence-electron chi connectivity index (χ1n) is 9.98. The van der Waals surface area contributed by atoms with E-state index in [1.165, 1.54) is 3.97 Å². The van der Waals surface area contributed by atoms with Crippen LogP contribution >= 0.6 is 0 Å². The first-order valence-corrected chi connectivity index (χ1v) is 11.4. The van der Waals surface area contributed by atoms with Gasteiger partial charge in [0.1, 0.15) is 4.75 Å². The maximum atomic E-state index is 13.7. The lowest BCUT2D eigenvalue weighted by atomic mass is 9.88. The zero-order valence-electron chi connectivity index (χ0n) is 17.0. The van der Waals surface area contributed by atoms with Gasteiger partial charge in [0.25, 0.3) is 0 Å². The van der Waals surface area contributed by atoms with E-state index in [9.17, 15) is 13.5 Å². The van der Waals surface area contributed by atoms with Crippen molar-refractivity contribution < 1.29 is 13.5 Å². The Balaban J connectivity index is 1.85. The highest BCUT2D eigenvalue weighted by molar-refractivity contribution is 7.91. The number of rotatable bonds is 4. The van der Waals surface area contributed by atoms with Crippen molar-refractivity contribution in [2.45, 2.75) is 44.5 Å². The van der Waals surface area contributed by atoms with Crippen molar-refractivity contribution >= 4 is 20.9 Å². The summed E-state index contributed by atoms with van der Waals surface area (Å²) in [6, 6.07) is 5.64. The lowest BCUT2D eigenvalue weighted by Gasteiger charge is -2.29. The molecule has 152 valence electrons. The van der Waals surface area contributed by atoms with Crippen LogP contribution in [-0.2, 0) is 10.0 Å². The lowest BCUT2D eigenvalue weighted by Crippen LogP contribution is -2.38. The number of hydrogen-bond donors (Lipinski definition) is 1. The Labute approximate surface area is 172 Å². The molecule has 3 unspecified atom stereocenters. The number of aliphatic hydroxyl groups is 1. The predicted molar refractivity (Wildman–Crippen MR) is 118 cm³/mol. The van der Waals surface area contributed by atoms with Gasteiger partial charge >= 0.3 is 0 Å². The molecule has 5 heteroatoms. The number of aliphatic hydroxyl groups excluding tert-OH is 1. The Morgan fingerprint density at radius 2 is 1.97 bits per heavy atom. The second-order valence-corrected chi connectivity index (χ2v) is 10.6. The third-order valence-corrected chi connectivity index (χ3v) is 8.36. The quantitative estimate of drug-likeness (QED) is 0.777. The molecular weight excluding hydrogens is 382 g/mol. The number of nitrogens with zero attached hydrogens (tertiary/aromatic N) is 1. The number of fused-ring (bicyclic) bond motifs is 1. The lowest BCUT2D eigenvalue weighted by molar-refractivity contribution is 0.133. The van der Waals surface area contributed by atoms with Gasteiger partial charge in [-0.15, -0.1) is 0 Å². The molecule has 1 heterocycles. The summed E-state index contributed by atoms with van der Waals surface area (Å²) in [5.41, 5.74) is 3.24. The SMILES string of the molecule is CC1=CC(C)(S(=O)(=O)n2ccc3c(C(O)C4C=CC=CC4)ccc(C)c32)CC=C1. The highest BCUT2D eigenvalue weighted by Crippen LogP contribution is 2.38. The van der Waals surface area contributed by atoms with E-state index in [2.05, 4.69) is 0 Å². The van der Waals surface area contributed by atoms with E-state index in [4.69, 9.17) is 0 Å². The Bertz CT molecular complexity index is 1180. The molecule has 0 bridgehead atoms. The van der Waals surface area contributed by atoms with Crippen molar-refractivity contribution in [2.75, 3.05) is 0 Å². The summed E-state index contributed by atoms with van der Waals surface area (Å²) in [5.74, 6) is -0.0163. The van der Waals surface area contributed by atoms with Gasteiger partial charge in [-0.1, -0.05) is 60.2 Å². The minimum Gasteiger partial charge on any atom is -0.388 e. The molecule has 0 radical (unpaired) electrons. The predicted octanol–water partition coefficient (Wildman–Crippen LogP) is 4.96. The van der Waals surface area contributed by atoms with Crippen molar-refractivity contribution in [1.29, 1.82) is 0 Å². The maximum absolute atomic E-state index is 13.7. The van der Waals surface area contributed by atoms with Crippen molar-refractivity contribution in [3.63, 3.8) is 0 Å². The molecular formula is C24H27NO3S. The van der Waals surface area contributed by atoms with Crippen molar-refractivity contribution in [1.82, 2.24) is 3.97 Å². The molecule has 1 aromatic carbocycles. The molecule has 2 aromatic rings. The minimum absolute atomic E-state index is 0.0163. The molecule has 2 aliphatic carbocycles. The largest absolute Gasteiger partial charge is 0.388 e. The molecule has 0 aliphatic heterocycles. The van der Waals surface area contributed by atoms with Gasteiger partial charge in [-0.25, -0.2) is 12.4 Å². The van der Waals surface area contributed by atoms with Crippen LogP contribution in [0.3, 0.4) is 0 Å². The van der Waals surface area contributed by atoms with Crippen LogP contribution in [0.5, 0.6) is 0 Å². The third-order valence-electron chi connectivity index (χ3n) is 6.07. The topological polar surface area (TPSA) is 59.3 Å². The van der Waals surface area contributed by atoms with Gasteiger partial charge in [0.2, 0.25) is 10.0 Å². The van der Waals surface area contributed by atoms with Crippen molar-refractivity contribution in [2.24, 2.45) is 5.92 Å². The van der Waals surface area contributed by atoms with Crippen LogP contribution in [0.15, 0.2) is 72.5 Å². The molecule has 0 saturated heterocycles. The van der Waals surface area contributed by atoms with E-state index in [1.54, 1.807) is 13.1 Å². The highest BCUT2D eigenvalue weighted by Gasteiger charge is 2.39. The molecule has 0 amide bonds. The van der Waals surface area contributed by atoms with Crippen LogP contribution in [0.4, 0.5) is 0 Å². The van der Waals surface area contributed by atoms with Crippen LogP contribution in [-0.4, -0.2) is 22.2 Å². The van der Waals surface area contributed by atoms with E-state index in [0.29, 0.717) is 11.9 Å². The average molecular weight is 410 g/mol. The van der Waals surface area contributed by atoms with E-state index in [-0.39, 0.29) is 5.92 Å². The Morgan fingerprint density at radius 3 is 2.66 bits per heavy atom. The molecule has 1 aromatic heterocycles. The number of benzene rings is 1. The summed E-state index contributed by atoms with van der Waals surface area (Å²) in [6.45, 7) is 5.61. The molecule has 4 nitrogen and oxygen atoms in total. The van der Waals surface area contributed by atoms with Crippen molar-refractivity contribution in [3.8, 4) is 0 Å². The highest BCUT2D eigenvalue weighted by atomic mass is 32.2. The number of allylic oxidation sites excluding steroid dienone is 6. The molecule has 0 fully saturated rings. The third kappa shape index (κ3) is 3.22. The summed E-state index contributed by atoms with van der Waals surface area (Å²) in [5, 5.41) is 11.8. The normalized spacial score (nSPS) is 25.4. The molecule has 0 spiro atoms. The zero-order chi connectivity index (χ0) is 20.8. The molecule has 4 rings (SSSR count). The monoisotopic (exact) mass is 409 g/mol. The number of aromatic nitrogens is 1. The summed E-state index contributed by atoms with van der Waals surface area (Å²) < 4.78 is 27.7. The maximum Gasteiger partial charge on any atom is 0.248 e. The second kappa shape index (κ2) is 7.15. The van der Waals surface area contributed by atoms with Crippen LogP contribution in [0, 0.1) is 12.8 Å². The van der Waals surface area contributed by atoms with Gasteiger partial charge in [0.05, 0.1) is 11.6 Å². The average Bonchev–Trinajstić information content (AvgIpc) is 3.15. The Kier molecular flexibility index (Phi) is 4.91. The van der Waals surface area contributed by atoms with Gasteiger partial charge in [-0.3, -0.25) is 0 Å². The van der Waals surface area contributed by atoms with Crippen LogP contribution in [0.25, 0.3) is 10.9 Å². The van der Waals surface area contributed by atoms with Crippen LogP contribution in [0.2, 0.25) is 0 Å². The zero-order valence-corrected chi connectivity index (χ0v) is 17.9. The van der Waals surface area contributed by atoms with E-state index in [0.717, 1.165) is 28.5 Å². The van der Waals surface area contributed by atoms with Gasteiger partial charge in [-0.05, 0) is 50.8 Å². The Hall–Kier alpha value is -2.37. The van der Waals surface area contributed by atoms with Crippen molar-refractivity contribution in [3.05, 3.63) is 83.6 Å². The number of aryl methyl sites for hydroxylation is 1. The van der Waals surface area contributed by atoms with Gasteiger partial charge in [-0.2, -0.15) is 0 Å². The smallest absolute Gasteiger partial charge is 0.248 e. The Morgan fingerprint density at radius 1 is 1.17 bits per heavy atom. The summed E-state index contributed by atoms with van der Waals surface area (Å²) in [6.07, 6.45) is 15.8. The number of hydrogen-bond acceptors (Lipinski definition) is 3. The first-order chi connectivity index (χ1) is 13.7. The molecule has 1 N–H and O–H groups in total. The molecule has 3 atom stereocenters. The van der Waals surface area contributed by atoms with Gasteiger partial charge in [0, 0.05) is 17.5 Å². The van der Waals surface area contributed by atoms with Crippen LogP contribution < -0.4 is 0 Å². The van der Waals surface area contributed by atoms with E-state index in [1.807, 2.05) is 74.6 Å². The van der Waals surface area contributed by atoms with E-state index < -0.39 is 20.9 Å². The molecule has 0 saturated carbocycles. The summed E-state index contributed by atoms with van der Waals surface area (Å²) in [4.78, 5) is 0. The summed E-state index contributed by atoms with van der Waals surface area (Å²) in [7, 11) is -3.69. The van der Waals surface area contributed by atoms with Crippen LogP contribution in [0.1, 0.15) is 43.9 Å². The standard InChI is InChI=1S/C24H27NO3S/c1-17-8-7-14-24(3,16-17)29(27,28)25-15-13-20-21(12-11-18(2)22(20)25)23(26)19-9-5-4-6-10-19/h4-9,11-13,15-16,19,23,26H,10,14H2,1-3H3. The van der Waals surface area contributed by atoms with E-state index >= 15 is 0 Å². The molecule has 29 heavy (non-hydrogen) atoms. The van der Waals surface area contributed by atoms with Gasteiger partial charge in [0.15, 0.2) is 0 Å². The van der Waals surface area contributed by atoms with Gasteiger partial charge < -0.3 is 5.11 Å². The fourth-order valence-electron chi connectivity index (χ4n) is 4.41.